The average Bonchev–Trinajstić information content (AvgIpc) is 2.66. The van der Waals surface area contributed by atoms with E-state index in [-0.39, 0.29) is 29.1 Å². The summed E-state index contributed by atoms with van der Waals surface area (Å²) < 4.78 is 11.7. The highest BCUT2D eigenvalue weighted by molar-refractivity contribution is 5.91. The van der Waals surface area contributed by atoms with Gasteiger partial charge in [0.2, 0.25) is 0 Å². The van der Waals surface area contributed by atoms with Gasteiger partial charge in [-0.05, 0) is 31.4 Å². The van der Waals surface area contributed by atoms with Crippen LogP contribution in [-0.2, 0) is 9.47 Å². The van der Waals surface area contributed by atoms with Crippen molar-refractivity contribution in [3.8, 4) is 11.1 Å². The number of aromatic amines is 1. The third kappa shape index (κ3) is 3.00. The maximum atomic E-state index is 12.8. The maximum absolute atomic E-state index is 12.8. The van der Waals surface area contributed by atoms with Crippen molar-refractivity contribution in [2.45, 2.75) is 45.8 Å². The molecule has 0 amide bonds. The predicted octanol–water partition coefficient (Wildman–Crippen LogP) is 3.71. The molecule has 2 aliphatic rings. The molecule has 0 radical (unpaired) electrons. The van der Waals surface area contributed by atoms with Gasteiger partial charge in [0, 0.05) is 29.2 Å². The highest BCUT2D eigenvalue weighted by atomic mass is 16.6. The van der Waals surface area contributed by atoms with Gasteiger partial charge in [-0.3, -0.25) is 4.79 Å². The molecule has 0 bridgehead atoms. The number of esters is 1. The third-order valence-electron chi connectivity index (χ3n) is 6.00. The SMILES string of the molecule is Cc1[nH]c(=O)c(C(=O)O[C@@H]2[C@@H]3CCCO[C@@H]3C2(C)C)cc1-c1ccccc1. The molecule has 1 aliphatic heterocycles. The first-order chi connectivity index (χ1) is 12.9. The summed E-state index contributed by atoms with van der Waals surface area (Å²) in [6, 6.07) is 11.3. The van der Waals surface area contributed by atoms with Crippen LogP contribution in [0.5, 0.6) is 0 Å². The molecule has 2 heterocycles. The van der Waals surface area contributed by atoms with Gasteiger partial charge in [-0.2, -0.15) is 0 Å². The molecule has 0 unspecified atom stereocenters. The summed E-state index contributed by atoms with van der Waals surface area (Å²) in [6.07, 6.45) is 1.87. The zero-order valence-electron chi connectivity index (χ0n) is 16.0. The van der Waals surface area contributed by atoms with E-state index in [1.807, 2.05) is 37.3 Å². The van der Waals surface area contributed by atoms with E-state index in [9.17, 15) is 9.59 Å². The van der Waals surface area contributed by atoms with Crippen molar-refractivity contribution in [1.82, 2.24) is 4.98 Å². The minimum absolute atomic E-state index is 0.0513. The van der Waals surface area contributed by atoms with E-state index >= 15 is 0 Å². The van der Waals surface area contributed by atoms with Gasteiger partial charge in [0.05, 0.1) is 6.10 Å². The smallest absolute Gasteiger partial charge is 0.344 e. The first-order valence-corrected chi connectivity index (χ1v) is 9.51. The summed E-state index contributed by atoms with van der Waals surface area (Å²) in [6.45, 7) is 6.72. The molecule has 1 saturated heterocycles. The Labute approximate surface area is 158 Å². The van der Waals surface area contributed by atoms with Gasteiger partial charge in [0.15, 0.2) is 0 Å². The van der Waals surface area contributed by atoms with Gasteiger partial charge in [0.25, 0.3) is 5.56 Å². The van der Waals surface area contributed by atoms with Crippen LogP contribution in [0.3, 0.4) is 0 Å². The molecule has 3 atom stereocenters. The first kappa shape index (κ1) is 18.0. The van der Waals surface area contributed by atoms with Crippen LogP contribution in [0.1, 0.15) is 42.7 Å². The Hall–Kier alpha value is -2.40. The Morgan fingerprint density at radius 3 is 2.74 bits per heavy atom. The number of pyridine rings is 1. The Morgan fingerprint density at radius 1 is 1.26 bits per heavy atom. The van der Waals surface area contributed by atoms with Gasteiger partial charge in [-0.25, -0.2) is 4.79 Å². The molecule has 4 rings (SSSR count). The highest BCUT2D eigenvalue weighted by Crippen LogP contribution is 2.53. The summed E-state index contributed by atoms with van der Waals surface area (Å²) in [7, 11) is 0. The number of hydrogen-bond acceptors (Lipinski definition) is 4. The van der Waals surface area contributed by atoms with Crippen molar-refractivity contribution in [2.75, 3.05) is 6.61 Å². The fourth-order valence-electron chi connectivity index (χ4n) is 4.59. The quantitative estimate of drug-likeness (QED) is 0.840. The Kier molecular flexibility index (Phi) is 4.42. The topological polar surface area (TPSA) is 68.4 Å². The maximum Gasteiger partial charge on any atom is 0.344 e. The second-order valence-corrected chi connectivity index (χ2v) is 8.16. The van der Waals surface area contributed by atoms with Crippen LogP contribution in [0.25, 0.3) is 11.1 Å². The molecule has 5 nitrogen and oxygen atoms in total. The molecule has 1 aliphatic carbocycles. The van der Waals surface area contributed by atoms with Crippen molar-refractivity contribution in [3.05, 3.63) is 58.0 Å². The van der Waals surface area contributed by atoms with E-state index in [0.717, 1.165) is 36.3 Å². The minimum atomic E-state index is -0.560. The van der Waals surface area contributed by atoms with E-state index in [1.54, 1.807) is 6.07 Å². The lowest BCUT2D eigenvalue weighted by molar-refractivity contribution is -0.243. The Bertz CT molecular complexity index is 916. The third-order valence-corrected chi connectivity index (χ3v) is 6.00. The van der Waals surface area contributed by atoms with Crippen LogP contribution in [0.2, 0.25) is 0 Å². The number of benzene rings is 1. The lowest BCUT2D eigenvalue weighted by Crippen LogP contribution is -2.65. The van der Waals surface area contributed by atoms with Gasteiger partial charge in [0.1, 0.15) is 11.7 Å². The number of ether oxygens (including phenoxy) is 2. The first-order valence-electron chi connectivity index (χ1n) is 9.51. The van der Waals surface area contributed by atoms with Crippen LogP contribution in [0.15, 0.2) is 41.2 Å². The van der Waals surface area contributed by atoms with E-state index < -0.39 is 11.5 Å². The normalized spacial score (nSPS) is 26.0. The molecule has 27 heavy (non-hydrogen) atoms. The largest absolute Gasteiger partial charge is 0.458 e. The number of carbonyl (C=O) groups is 1. The Balaban J connectivity index is 1.62. The number of aryl methyl sites for hydroxylation is 1. The monoisotopic (exact) mass is 367 g/mol. The molecule has 2 fully saturated rings. The fraction of sp³-hybridized carbons (Fsp3) is 0.455. The average molecular weight is 367 g/mol. The zero-order chi connectivity index (χ0) is 19.2. The number of aromatic nitrogens is 1. The number of hydrogen-bond donors (Lipinski definition) is 1. The summed E-state index contributed by atoms with van der Waals surface area (Å²) >= 11 is 0. The number of nitrogens with one attached hydrogen (secondary N) is 1. The summed E-state index contributed by atoms with van der Waals surface area (Å²) in [5.41, 5.74) is 1.91. The van der Waals surface area contributed by atoms with E-state index in [0.29, 0.717) is 0 Å². The summed E-state index contributed by atoms with van der Waals surface area (Å²) in [5.74, 6) is -0.341. The molecule has 142 valence electrons. The van der Waals surface area contributed by atoms with Gasteiger partial charge in [-0.15, -0.1) is 0 Å². The van der Waals surface area contributed by atoms with E-state index in [2.05, 4.69) is 18.8 Å². The fourth-order valence-corrected chi connectivity index (χ4v) is 4.59. The molecule has 5 heteroatoms. The van der Waals surface area contributed by atoms with Gasteiger partial charge < -0.3 is 14.5 Å². The highest BCUT2D eigenvalue weighted by Gasteiger charge is 2.60. The number of carbonyl (C=O) groups excluding carboxylic acids is 1. The minimum Gasteiger partial charge on any atom is -0.458 e. The molecule has 1 aromatic carbocycles. The molecule has 1 N–H and O–H groups in total. The lowest BCUT2D eigenvalue weighted by atomic mass is 9.57. The molecule has 1 saturated carbocycles. The molecule has 0 spiro atoms. The number of H-pyrrole nitrogens is 1. The van der Waals surface area contributed by atoms with E-state index in [4.69, 9.17) is 9.47 Å². The van der Waals surface area contributed by atoms with Gasteiger partial charge in [-0.1, -0.05) is 44.2 Å². The van der Waals surface area contributed by atoms with Crippen molar-refractivity contribution in [1.29, 1.82) is 0 Å². The van der Waals surface area contributed by atoms with Gasteiger partial charge >= 0.3 is 5.97 Å². The van der Waals surface area contributed by atoms with Crippen molar-refractivity contribution < 1.29 is 14.3 Å². The summed E-state index contributed by atoms with van der Waals surface area (Å²) in [4.78, 5) is 28.1. The number of fused-ring (bicyclic) bond motifs is 1. The zero-order valence-corrected chi connectivity index (χ0v) is 16.0. The van der Waals surface area contributed by atoms with Crippen LogP contribution >= 0.6 is 0 Å². The number of rotatable bonds is 3. The Morgan fingerprint density at radius 2 is 2.00 bits per heavy atom. The van der Waals surface area contributed by atoms with Crippen molar-refractivity contribution in [2.24, 2.45) is 11.3 Å². The second kappa shape index (κ2) is 6.64. The van der Waals surface area contributed by atoms with Crippen molar-refractivity contribution in [3.63, 3.8) is 0 Å². The predicted molar refractivity (Wildman–Crippen MR) is 103 cm³/mol. The molecular formula is C22H25NO4. The lowest BCUT2D eigenvalue weighted by Gasteiger charge is -2.58. The van der Waals surface area contributed by atoms with Crippen LogP contribution in [0, 0.1) is 18.3 Å². The molecular weight excluding hydrogens is 342 g/mol. The molecule has 1 aromatic heterocycles. The van der Waals surface area contributed by atoms with Crippen LogP contribution in [-0.4, -0.2) is 29.8 Å². The summed E-state index contributed by atoms with van der Waals surface area (Å²) in [5, 5.41) is 0. The van der Waals surface area contributed by atoms with E-state index in [1.165, 1.54) is 0 Å². The van der Waals surface area contributed by atoms with Crippen LogP contribution < -0.4 is 5.56 Å². The standard InChI is InChI=1S/C22H25NO4/c1-13-16(14-8-5-4-6-9-14)12-17(20(24)23-13)21(25)27-19-15-10-7-11-26-18(15)22(19,2)3/h4-6,8-9,12,15,18-19H,7,10-11H2,1-3H3,(H,23,24)/t15-,18+,19-/m1/s1. The van der Waals surface area contributed by atoms with Crippen molar-refractivity contribution >= 4 is 5.97 Å². The second-order valence-electron chi connectivity index (χ2n) is 8.16. The van der Waals surface area contributed by atoms with Crippen LogP contribution in [0.4, 0.5) is 0 Å². The molecule has 2 aromatic rings.